The summed E-state index contributed by atoms with van der Waals surface area (Å²) >= 11 is 0. The molecular formula is C14H31NO3. The topological polar surface area (TPSA) is 61.7 Å². The third-order valence-electron chi connectivity index (χ3n) is 3.00. The number of nitrogens with one attached hydrogen (secondary N) is 1. The monoisotopic (exact) mass is 261 g/mol. The molecule has 2 atom stereocenters. The van der Waals surface area contributed by atoms with E-state index in [0.29, 0.717) is 19.1 Å². The Morgan fingerprint density at radius 1 is 1.11 bits per heavy atom. The van der Waals surface area contributed by atoms with Gasteiger partial charge in [0.05, 0.1) is 12.7 Å². The van der Waals surface area contributed by atoms with Crippen LogP contribution in [0.25, 0.3) is 0 Å². The predicted octanol–water partition coefficient (Wildman–Crippen LogP) is 1.55. The Morgan fingerprint density at radius 3 is 2.50 bits per heavy atom. The smallest absolute Gasteiger partial charge is 0.0897 e. The van der Waals surface area contributed by atoms with Crippen molar-refractivity contribution in [3.63, 3.8) is 0 Å². The van der Waals surface area contributed by atoms with E-state index < -0.39 is 6.10 Å². The van der Waals surface area contributed by atoms with Crippen molar-refractivity contribution in [2.75, 3.05) is 32.9 Å². The minimum atomic E-state index is -0.432. The van der Waals surface area contributed by atoms with E-state index in [1.54, 1.807) is 0 Å². The van der Waals surface area contributed by atoms with Crippen molar-refractivity contribution in [3.8, 4) is 0 Å². The van der Waals surface area contributed by atoms with E-state index in [2.05, 4.69) is 19.2 Å². The molecule has 0 aliphatic heterocycles. The van der Waals surface area contributed by atoms with Crippen LogP contribution in [0.3, 0.4) is 0 Å². The minimum absolute atomic E-state index is 0.245. The van der Waals surface area contributed by atoms with Crippen molar-refractivity contribution >= 4 is 0 Å². The average molecular weight is 261 g/mol. The number of aliphatic hydroxyl groups is 2. The second-order valence-corrected chi connectivity index (χ2v) is 4.91. The van der Waals surface area contributed by atoms with Gasteiger partial charge in [-0.05, 0) is 31.7 Å². The summed E-state index contributed by atoms with van der Waals surface area (Å²) in [6.45, 7) is 7.09. The quantitative estimate of drug-likeness (QED) is 0.440. The summed E-state index contributed by atoms with van der Waals surface area (Å²) in [6, 6.07) is 0. The SMILES string of the molecule is CCCCOCC(O)CNCC(CCC)CCO. The van der Waals surface area contributed by atoms with Gasteiger partial charge in [-0.2, -0.15) is 0 Å². The first-order chi connectivity index (χ1) is 8.74. The average Bonchev–Trinajstić information content (AvgIpc) is 2.35. The maximum absolute atomic E-state index is 9.68. The van der Waals surface area contributed by atoms with E-state index in [0.717, 1.165) is 45.3 Å². The van der Waals surface area contributed by atoms with Gasteiger partial charge in [0.25, 0.3) is 0 Å². The molecule has 0 aromatic heterocycles. The van der Waals surface area contributed by atoms with E-state index >= 15 is 0 Å². The van der Waals surface area contributed by atoms with E-state index in [9.17, 15) is 5.11 Å². The summed E-state index contributed by atoms with van der Waals surface area (Å²) in [6.07, 6.45) is 4.83. The van der Waals surface area contributed by atoms with Gasteiger partial charge in [-0.1, -0.05) is 26.7 Å². The summed E-state index contributed by atoms with van der Waals surface area (Å²) in [5.74, 6) is 0.508. The van der Waals surface area contributed by atoms with Crippen LogP contribution in [0.4, 0.5) is 0 Å². The van der Waals surface area contributed by atoms with Crippen molar-refractivity contribution in [3.05, 3.63) is 0 Å². The Kier molecular flexibility index (Phi) is 13.2. The molecule has 0 aliphatic carbocycles. The highest BCUT2D eigenvalue weighted by Crippen LogP contribution is 2.09. The van der Waals surface area contributed by atoms with E-state index in [1.807, 2.05) is 0 Å². The van der Waals surface area contributed by atoms with Gasteiger partial charge in [0, 0.05) is 19.8 Å². The lowest BCUT2D eigenvalue weighted by atomic mass is 10.0. The molecule has 0 spiro atoms. The second-order valence-electron chi connectivity index (χ2n) is 4.91. The van der Waals surface area contributed by atoms with Gasteiger partial charge in [-0.3, -0.25) is 0 Å². The molecule has 0 bridgehead atoms. The van der Waals surface area contributed by atoms with E-state index in [-0.39, 0.29) is 6.61 Å². The Morgan fingerprint density at radius 2 is 1.89 bits per heavy atom. The van der Waals surface area contributed by atoms with Gasteiger partial charge in [-0.15, -0.1) is 0 Å². The molecule has 4 nitrogen and oxygen atoms in total. The summed E-state index contributed by atoms with van der Waals surface area (Å²) < 4.78 is 5.36. The number of hydrogen-bond acceptors (Lipinski definition) is 4. The standard InChI is InChI=1S/C14H31NO3/c1-3-5-9-18-12-14(17)11-15-10-13(6-4-2)7-8-16/h13-17H,3-12H2,1-2H3. The van der Waals surface area contributed by atoms with Gasteiger partial charge in [0.15, 0.2) is 0 Å². The zero-order chi connectivity index (χ0) is 13.6. The molecule has 18 heavy (non-hydrogen) atoms. The second kappa shape index (κ2) is 13.3. The number of ether oxygens (including phenoxy) is 1. The van der Waals surface area contributed by atoms with Crippen LogP contribution >= 0.6 is 0 Å². The third-order valence-corrected chi connectivity index (χ3v) is 3.00. The Labute approximate surface area is 112 Å². The first kappa shape index (κ1) is 17.8. The number of aliphatic hydroxyl groups excluding tert-OH is 2. The van der Waals surface area contributed by atoms with Crippen LogP contribution in [0.15, 0.2) is 0 Å². The molecule has 0 rings (SSSR count). The first-order valence-electron chi connectivity index (χ1n) is 7.31. The molecule has 0 amide bonds. The number of rotatable bonds is 13. The summed E-state index contributed by atoms with van der Waals surface area (Å²) in [5, 5.41) is 21.9. The van der Waals surface area contributed by atoms with E-state index in [4.69, 9.17) is 9.84 Å². The molecule has 0 aliphatic rings. The molecule has 0 saturated heterocycles. The highest BCUT2D eigenvalue weighted by Gasteiger charge is 2.08. The molecule has 0 saturated carbocycles. The Balaban J connectivity index is 3.48. The van der Waals surface area contributed by atoms with Crippen molar-refractivity contribution in [1.29, 1.82) is 0 Å². The Hall–Kier alpha value is -0.160. The van der Waals surface area contributed by atoms with Crippen LogP contribution < -0.4 is 5.32 Å². The van der Waals surface area contributed by atoms with E-state index in [1.165, 1.54) is 0 Å². The lowest BCUT2D eigenvalue weighted by Gasteiger charge is -2.17. The summed E-state index contributed by atoms with van der Waals surface area (Å²) in [4.78, 5) is 0. The van der Waals surface area contributed by atoms with Gasteiger partial charge in [0.2, 0.25) is 0 Å². The maximum Gasteiger partial charge on any atom is 0.0897 e. The fourth-order valence-electron chi connectivity index (χ4n) is 1.92. The fourth-order valence-corrected chi connectivity index (χ4v) is 1.92. The highest BCUT2D eigenvalue weighted by molar-refractivity contribution is 4.65. The molecule has 3 N–H and O–H groups in total. The lowest BCUT2D eigenvalue weighted by Crippen LogP contribution is -2.33. The molecular weight excluding hydrogens is 230 g/mol. The highest BCUT2D eigenvalue weighted by atomic mass is 16.5. The van der Waals surface area contributed by atoms with Crippen LogP contribution in [0, 0.1) is 5.92 Å². The zero-order valence-corrected chi connectivity index (χ0v) is 12.0. The van der Waals surface area contributed by atoms with Crippen molar-refractivity contribution < 1.29 is 14.9 Å². The molecule has 2 unspecified atom stereocenters. The normalized spacial score (nSPS) is 14.7. The molecule has 0 aromatic rings. The summed E-state index contributed by atoms with van der Waals surface area (Å²) in [5.41, 5.74) is 0. The molecule has 0 heterocycles. The molecule has 0 radical (unpaired) electrons. The third kappa shape index (κ3) is 11.0. The zero-order valence-electron chi connectivity index (χ0n) is 12.0. The summed E-state index contributed by atoms with van der Waals surface area (Å²) in [7, 11) is 0. The van der Waals surface area contributed by atoms with Crippen LogP contribution in [-0.4, -0.2) is 49.2 Å². The number of hydrogen-bond donors (Lipinski definition) is 3. The number of unbranched alkanes of at least 4 members (excludes halogenated alkanes) is 1. The maximum atomic E-state index is 9.68. The van der Waals surface area contributed by atoms with Crippen LogP contribution in [0.1, 0.15) is 46.0 Å². The molecule has 0 fully saturated rings. The minimum Gasteiger partial charge on any atom is -0.396 e. The van der Waals surface area contributed by atoms with Crippen LogP contribution in [0.5, 0.6) is 0 Å². The van der Waals surface area contributed by atoms with Gasteiger partial charge in [0.1, 0.15) is 0 Å². The molecule has 110 valence electrons. The largest absolute Gasteiger partial charge is 0.396 e. The van der Waals surface area contributed by atoms with Gasteiger partial charge >= 0.3 is 0 Å². The van der Waals surface area contributed by atoms with Gasteiger partial charge in [-0.25, -0.2) is 0 Å². The Bertz CT molecular complexity index is 161. The van der Waals surface area contributed by atoms with Crippen LogP contribution in [-0.2, 0) is 4.74 Å². The lowest BCUT2D eigenvalue weighted by molar-refractivity contribution is 0.0353. The fraction of sp³-hybridized carbons (Fsp3) is 1.00. The van der Waals surface area contributed by atoms with Crippen molar-refractivity contribution in [2.24, 2.45) is 5.92 Å². The van der Waals surface area contributed by atoms with Crippen molar-refractivity contribution in [1.82, 2.24) is 5.32 Å². The molecule has 0 aromatic carbocycles. The first-order valence-corrected chi connectivity index (χ1v) is 7.31. The van der Waals surface area contributed by atoms with Crippen LogP contribution in [0.2, 0.25) is 0 Å². The predicted molar refractivity (Wildman–Crippen MR) is 74.7 cm³/mol. The van der Waals surface area contributed by atoms with Gasteiger partial charge < -0.3 is 20.3 Å². The molecule has 4 heteroatoms. The van der Waals surface area contributed by atoms with Crippen molar-refractivity contribution in [2.45, 2.75) is 52.1 Å².